The second-order valence-electron chi connectivity index (χ2n) is 4.11. The molecule has 0 radical (unpaired) electrons. The van der Waals surface area contributed by atoms with Crippen LogP contribution in [0.4, 0.5) is 0 Å². The number of esters is 1. The lowest BCUT2D eigenvalue weighted by Crippen LogP contribution is -2.04. The van der Waals surface area contributed by atoms with Gasteiger partial charge in [-0.25, -0.2) is 4.79 Å². The van der Waals surface area contributed by atoms with E-state index in [9.17, 15) is 4.79 Å². The number of carbonyl (C=O) groups is 1. The minimum atomic E-state index is -0.321. The zero-order valence-corrected chi connectivity index (χ0v) is 11.3. The van der Waals surface area contributed by atoms with E-state index in [1.165, 1.54) is 7.11 Å². The van der Waals surface area contributed by atoms with Crippen molar-refractivity contribution in [3.05, 3.63) is 46.7 Å². The largest absolute Gasteiger partial charge is 0.465 e. The Hall–Kier alpha value is -1.74. The van der Waals surface area contributed by atoms with Crippen molar-refractivity contribution in [3.8, 4) is 11.1 Å². The predicted octanol–water partition coefficient (Wildman–Crippen LogP) is 3.44. The molecule has 0 saturated heterocycles. The SMILES string of the molecule is COC(=O)c1c(-c2ccc(Cl)cc2)cn(C)c1C. The lowest BCUT2D eigenvalue weighted by molar-refractivity contribution is 0.0600. The van der Waals surface area contributed by atoms with Crippen molar-refractivity contribution in [3.63, 3.8) is 0 Å². The average molecular weight is 264 g/mol. The van der Waals surface area contributed by atoms with Crippen LogP contribution in [0.5, 0.6) is 0 Å². The maximum absolute atomic E-state index is 11.8. The van der Waals surface area contributed by atoms with Crippen LogP contribution in [0, 0.1) is 6.92 Å². The van der Waals surface area contributed by atoms with Crippen molar-refractivity contribution < 1.29 is 9.53 Å². The Morgan fingerprint density at radius 3 is 2.44 bits per heavy atom. The van der Waals surface area contributed by atoms with Gasteiger partial charge in [-0.15, -0.1) is 0 Å². The first-order valence-corrected chi connectivity index (χ1v) is 5.92. The molecule has 0 bridgehead atoms. The number of hydrogen-bond acceptors (Lipinski definition) is 2. The third-order valence-corrected chi connectivity index (χ3v) is 3.28. The van der Waals surface area contributed by atoms with Gasteiger partial charge in [0, 0.05) is 29.5 Å². The summed E-state index contributed by atoms with van der Waals surface area (Å²) in [6, 6.07) is 7.40. The van der Waals surface area contributed by atoms with Gasteiger partial charge in [0.15, 0.2) is 0 Å². The summed E-state index contributed by atoms with van der Waals surface area (Å²) in [6.45, 7) is 1.89. The zero-order valence-electron chi connectivity index (χ0n) is 10.5. The summed E-state index contributed by atoms with van der Waals surface area (Å²) in [5, 5.41) is 0.672. The van der Waals surface area contributed by atoms with Crippen molar-refractivity contribution in [1.82, 2.24) is 4.57 Å². The summed E-state index contributed by atoms with van der Waals surface area (Å²) in [4.78, 5) is 11.8. The number of hydrogen-bond donors (Lipinski definition) is 0. The molecule has 94 valence electrons. The molecule has 0 aliphatic rings. The second kappa shape index (κ2) is 4.86. The molecule has 3 nitrogen and oxygen atoms in total. The van der Waals surface area contributed by atoms with Crippen LogP contribution in [0.25, 0.3) is 11.1 Å². The molecule has 0 unspecified atom stereocenters. The van der Waals surface area contributed by atoms with E-state index in [2.05, 4.69) is 0 Å². The number of rotatable bonds is 2. The number of aryl methyl sites for hydroxylation is 1. The molecule has 0 aliphatic heterocycles. The first-order valence-electron chi connectivity index (χ1n) is 5.54. The highest BCUT2D eigenvalue weighted by Crippen LogP contribution is 2.29. The monoisotopic (exact) mass is 263 g/mol. The molecule has 2 aromatic rings. The molecular formula is C14H14ClNO2. The first kappa shape index (κ1) is 12.7. The fourth-order valence-corrected chi connectivity index (χ4v) is 2.06. The number of methoxy groups -OCH3 is 1. The van der Waals surface area contributed by atoms with Gasteiger partial charge >= 0.3 is 5.97 Å². The van der Waals surface area contributed by atoms with Gasteiger partial charge in [-0.3, -0.25) is 0 Å². The van der Waals surface area contributed by atoms with Crippen molar-refractivity contribution in [2.24, 2.45) is 7.05 Å². The average Bonchev–Trinajstić information content (AvgIpc) is 2.66. The van der Waals surface area contributed by atoms with Crippen LogP contribution in [-0.4, -0.2) is 17.6 Å². The summed E-state index contributed by atoms with van der Waals surface area (Å²) >= 11 is 5.87. The molecule has 1 heterocycles. The molecule has 1 aromatic heterocycles. The highest BCUT2D eigenvalue weighted by molar-refractivity contribution is 6.30. The van der Waals surface area contributed by atoms with E-state index in [0.717, 1.165) is 16.8 Å². The number of ether oxygens (including phenoxy) is 1. The van der Waals surface area contributed by atoms with Crippen LogP contribution < -0.4 is 0 Å². The molecular weight excluding hydrogens is 250 g/mol. The molecule has 0 fully saturated rings. The highest BCUT2D eigenvalue weighted by Gasteiger charge is 2.19. The smallest absolute Gasteiger partial charge is 0.340 e. The predicted molar refractivity (Wildman–Crippen MR) is 71.9 cm³/mol. The van der Waals surface area contributed by atoms with Crippen LogP contribution >= 0.6 is 11.6 Å². The minimum Gasteiger partial charge on any atom is -0.465 e. The molecule has 4 heteroatoms. The summed E-state index contributed by atoms with van der Waals surface area (Å²) < 4.78 is 6.75. The van der Waals surface area contributed by atoms with E-state index in [0.29, 0.717) is 10.6 Å². The number of carbonyl (C=O) groups excluding carboxylic acids is 1. The number of halogens is 1. The van der Waals surface area contributed by atoms with Gasteiger partial charge in [0.2, 0.25) is 0 Å². The maximum Gasteiger partial charge on any atom is 0.340 e. The zero-order chi connectivity index (χ0) is 13.3. The molecule has 1 aromatic carbocycles. The molecule has 0 saturated carbocycles. The molecule has 0 spiro atoms. The van der Waals surface area contributed by atoms with Crippen LogP contribution in [0.15, 0.2) is 30.5 Å². The number of benzene rings is 1. The van der Waals surface area contributed by atoms with E-state index in [-0.39, 0.29) is 5.97 Å². The Morgan fingerprint density at radius 2 is 1.89 bits per heavy atom. The van der Waals surface area contributed by atoms with Crippen LogP contribution in [0.1, 0.15) is 16.1 Å². The van der Waals surface area contributed by atoms with E-state index in [1.807, 2.05) is 36.9 Å². The van der Waals surface area contributed by atoms with E-state index < -0.39 is 0 Å². The Labute approximate surface area is 111 Å². The lowest BCUT2D eigenvalue weighted by Gasteiger charge is -2.04. The highest BCUT2D eigenvalue weighted by atomic mass is 35.5. The summed E-state index contributed by atoms with van der Waals surface area (Å²) in [7, 11) is 3.29. The molecule has 18 heavy (non-hydrogen) atoms. The van der Waals surface area contributed by atoms with Gasteiger partial charge in [0.25, 0.3) is 0 Å². The van der Waals surface area contributed by atoms with Crippen molar-refractivity contribution in [1.29, 1.82) is 0 Å². The number of nitrogens with zero attached hydrogens (tertiary/aromatic N) is 1. The van der Waals surface area contributed by atoms with Gasteiger partial charge in [-0.05, 0) is 24.6 Å². The molecule has 0 aliphatic carbocycles. The summed E-state index contributed by atoms with van der Waals surface area (Å²) in [5.74, 6) is -0.321. The van der Waals surface area contributed by atoms with Gasteiger partial charge in [-0.2, -0.15) is 0 Å². The van der Waals surface area contributed by atoms with E-state index in [1.54, 1.807) is 12.1 Å². The Bertz CT molecular complexity index is 585. The normalized spacial score (nSPS) is 10.4. The van der Waals surface area contributed by atoms with Crippen molar-refractivity contribution in [2.45, 2.75) is 6.92 Å². The summed E-state index contributed by atoms with van der Waals surface area (Å²) in [5.41, 5.74) is 3.29. The fraction of sp³-hybridized carbons (Fsp3) is 0.214. The second-order valence-corrected chi connectivity index (χ2v) is 4.55. The van der Waals surface area contributed by atoms with Crippen molar-refractivity contribution in [2.75, 3.05) is 7.11 Å². The maximum atomic E-state index is 11.8. The lowest BCUT2D eigenvalue weighted by atomic mass is 10.0. The van der Waals surface area contributed by atoms with Crippen molar-refractivity contribution >= 4 is 17.6 Å². The standard InChI is InChI=1S/C14H14ClNO2/c1-9-13(14(17)18-3)12(8-16(9)2)10-4-6-11(15)7-5-10/h4-8H,1-3H3. The van der Waals surface area contributed by atoms with Gasteiger partial charge in [0.05, 0.1) is 12.7 Å². The third-order valence-electron chi connectivity index (χ3n) is 3.03. The molecule has 0 amide bonds. The first-order chi connectivity index (χ1) is 8.54. The summed E-state index contributed by atoms with van der Waals surface area (Å²) in [6.07, 6.45) is 1.92. The topological polar surface area (TPSA) is 31.2 Å². The van der Waals surface area contributed by atoms with Crippen LogP contribution in [0.2, 0.25) is 5.02 Å². The fourth-order valence-electron chi connectivity index (χ4n) is 1.93. The van der Waals surface area contributed by atoms with Gasteiger partial charge < -0.3 is 9.30 Å². The van der Waals surface area contributed by atoms with Gasteiger partial charge in [-0.1, -0.05) is 23.7 Å². The van der Waals surface area contributed by atoms with E-state index in [4.69, 9.17) is 16.3 Å². The molecule has 0 atom stereocenters. The van der Waals surface area contributed by atoms with E-state index >= 15 is 0 Å². The number of aromatic nitrogens is 1. The Morgan fingerprint density at radius 1 is 1.28 bits per heavy atom. The Kier molecular flexibility index (Phi) is 3.43. The molecule has 0 N–H and O–H groups in total. The minimum absolute atomic E-state index is 0.321. The third kappa shape index (κ3) is 2.14. The molecule has 2 rings (SSSR count). The van der Waals surface area contributed by atoms with Gasteiger partial charge in [0.1, 0.15) is 0 Å². The Balaban J connectivity index is 2.60. The van der Waals surface area contributed by atoms with Crippen LogP contribution in [-0.2, 0) is 11.8 Å². The quantitative estimate of drug-likeness (QED) is 0.777. The van der Waals surface area contributed by atoms with Crippen LogP contribution in [0.3, 0.4) is 0 Å².